The molecule has 0 saturated carbocycles. The molecule has 2 amide bonds. The van der Waals surface area contributed by atoms with Gasteiger partial charge in [0, 0.05) is 0 Å². The second-order valence-corrected chi connectivity index (χ2v) is 10.7. The van der Waals surface area contributed by atoms with E-state index in [1.807, 2.05) is 44.2 Å². The largest absolute Gasteiger partial charge is 0.345 e. The molecule has 7 nitrogen and oxygen atoms in total. The minimum absolute atomic E-state index is 0.0723. The molecule has 8 heteroatoms. The van der Waals surface area contributed by atoms with Gasteiger partial charge in [0.05, 0.1) is 27.9 Å². The first-order valence-electron chi connectivity index (χ1n) is 12.1. The van der Waals surface area contributed by atoms with Crippen molar-refractivity contribution < 1.29 is 18.0 Å². The molecule has 0 saturated heterocycles. The van der Waals surface area contributed by atoms with Crippen LogP contribution in [0.15, 0.2) is 114 Å². The molecule has 0 heterocycles. The van der Waals surface area contributed by atoms with Crippen LogP contribution in [0.5, 0.6) is 0 Å². The van der Waals surface area contributed by atoms with Gasteiger partial charge >= 0.3 is 0 Å². The van der Waals surface area contributed by atoms with E-state index in [4.69, 9.17) is 0 Å². The SMILES string of the molecule is Cc1ccc(N(CC(=O)Nc2ccccc2C(=O)N[C@H](C)c2ccccc2)S(=O)(=O)c2ccccc2)cc1. The van der Waals surface area contributed by atoms with Crippen LogP contribution in [0.2, 0.25) is 0 Å². The van der Waals surface area contributed by atoms with Crippen LogP contribution in [-0.2, 0) is 14.8 Å². The Morgan fingerprint density at radius 3 is 2.03 bits per heavy atom. The average Bonchev–Trinajstić information content (AvgIpc) is 2.93. The standard InChI is InChI=1S/C30H29N3O4S/c1-22-17-19-25(20-18-22)33(38(36,37)26-13-7-4-8-14-26)21-29(34)32-28-16-10-9-15-27(28)30(35)31-23(2)24-11-5-3-6-12-24/h3-20,23H,21H2,1-2H3,(H,31,35)(H,32,34)/t23-/m1/s1. The van der Waals surface area contributed by atoms with Gasteiger partial charge in [-0.3, -0.25) is 13.9 Å². The minimum Gasteiger partial charge on any atom is -0.345 e. The van der Waals surface area contributed by atoms with Gasteiger partial charge in [-0.1, -0.05) is 78.4 Å². The zero-order chi connectivity index (χ0) is 27.1. The van der Waals surface area contributed by atoms with Gasteiger partial charge in [0.2, 0.25) is 5.91 Å². The first-order chi connectivity index (χ1) is 18.3. The zero-order valence-electron chi connectivity index (χ0n) is 21.2. The number of sulfonamides is 1. The molecule has 0 fully saturated rings. The maximum Gasteiger partial charge on any atom is 0.264 e. The number of carbonyl (C=O) groups is 2. The van der Waals surface area contributed by atoms with Gasteiger partial charge in [-0.2, -0.15) is 0 Å². The third-order valence-electron chi connectivity index (χ3n) is 6.03. The van der Waals surface area contributed by atoms with Gasteiger partial charge in [-0.15, -0.1) is 0 Å². The molecule has 0 spiro atoms. The summed E-state index contributed by atoms with van der Waals surface area (Å²) < 4.78 is 28.1. The molecule has 4 aromatic carbocycles. The van der Waals surface area contributed by atoms with Crippen LogP contribution < -0.4 is 14.9 Å². The molecule has 0 aromatic heterocycles. The van der Waals surface area contributed by atoms with E-state index in [9.17, 15) is 18.0 Å². The molecular weight excluding hydrogens is 498 g/mol. The van der Waals surface area contributed by atoms with E-state index in [1.165, 1.54) is 12.1 Å². The van der Waals surface area contributed by atoms with E-state index in [0.717, 1.165) is 15.4 Å². The van der Waals surface area contributed by atoms with Crippen molar-refractivity contribution in [2.45, 2.75) is 24.8 Å². The molecule has 4 aromatic rings. The number of hydrogen-bond donors (Lipinski definition) is 2. The predicted octanol–water partition coefficient (Wildman–Crippen LogP) is 5.32. The van der Waals surface area contributed by atoms with Crippen LogP contribution in [-0.4, -0.2) is 26.8 Å². The average molecular weight is 528 g/mol. The highest BCUT2D eigenvalue weighted by Gasteiger charge is 2.27. The van der Waals surface area contributed by atoms with Crippen LogP contribution in [0.1, 0.15) is 34.5 Å². The number of hydrogen-bond acceptors (Lipinski definition) is 4. The Morgan fingerprint density at radius 2 is 1.37 bits per heavy atom. The monoisotopic (exact) mass is 527 g/mol. The van der Waals surface area contributed by atoms with Crippen molar-refractivity contribution >= 4 is 33.2 Å². The summed E-state index contributed by atoms with van der Waals surface area (Å²) >= 11 is 0. The molecule has 0 aliphatic heterocycles. The van der Waals surface area contributed by atoms with Crippen molar-refractivity contribution in [2.24, 2.45) is 0 Å². The van der Waals surface area contributed by atoms with E-state index in [2.05, 4.69) is 10.6 Å². The molecule has 194 valence electrons. The highest BCUT2D eigenvalue weighted by Crippen LogP contribution is 2.25. The Hall–Kier alpha value is -4.43. The highest BCUT2D eigenvalue weighted by molar-refractivity contribution is 7.92. The third-order valence-corrected chi connectivity index (χ3v) is 7.82. The number of carbonyl (C=O) groups excluding carboxylic acids is 2. The van der Waals surface area contributed by atoms with Crippen molar-refractivity contribution in [2.75, 3.05) is 16.2 Å². The van der Waals surface area contributed by atoms with Gasteiger partial charge in [0.1, 0.15) is 6.54 Å². The lowest BCUT2D eigenvalue weighted by atomic mass is 10.1. The summed E-state index contributed by atoms with van der Waals surface area (Å²) in [7, 11) is -4.03. The number of benzene rings is 4. The fraction of sp³-hybridized carbons (Fsp3) is 0.133. The maximum atomic E-state index is 13.5. The van der Waals surface area contributed by atoms with E-state index in [1.54, 1.807) is 66.7 Å². The van der Waals surface area contributed by atoms with Crippen LogP contribution in [0.4, 0.5) is 11.4 Å². The molecule has 0 aliphatic carbocycles. The molecule has 0 unspecified atom stereocenters. The molecule has 0 bridgehead atoms. The van der Waals surface area contributed by atoms with Crippen molar-refractivity contribution in [3.63, 3.8) is 0 Å². The van der Waals surface area contributed by atoms with E-state index in [0.29, 0.717) is 5.69 Å². The molecule has 1 atom stereocenters. The Kier molecular flexibility index (Phi) is 8.23. The molecule has 4 rings (SSSR count). The number of rotatable bonds is 9. The van der Waals surface area contributed by atoms with Gasteiger partial charge in [-0.05, 0) is 55.8 Å². The summed E-state index contributed by atoms with van der Waals surface area (Å²) in [5, 5.41) is 5.68. The highest BCUT2D eigenvalue weighted by atomic mass is 32.2. The summed E-state index contributed by atoms with van der Waals surface area (Å²) in [6.45, 7) is 3.30. The lowest BCUT2D eigenvalue weighted by Crippen LogP contribution is -2.38. The normalized spacial score (nSPS) is 11.8. The summed E-state index contributed by atoms with van der Waals surface area (Å²) in [4.78, 5) is 26.4. The zero-order valence-corrected chi connectivity index (χ0v) is 22.0. The smallest absolute Gasteiger partial charge is 0.264 e. The molecule has 0 aliphatic rings. The fourth-order valence-electron chi connectivity index (χ4n) is 3.96. The molecule has 38 heavy (non-hydrogen) atoms. The van der Waals surface area contributed by atoms with Crippen molar-refractivity contribution in [3.05, 3.63) is 126 Å². The van der Waals surface area contributed by atoms with Crippen LogP contribution >= 0.6 is 0 Å². The molecular formula is C30H29N3O4S. The van der Waals surface area contributed by atoms with Crippen LogP contribution in [0.3, 0.4) is 0 Å². The van der Waals surface area contributed by atoms with Gasteiger partial charge in [0.25, 0.3) is 15.9 Å². The number of nitrogens with zero attached hydrogens (tertiary/aromatic N) is 1. The number of para-hydroxylation sites is 1. The van der Waals surface area contributed by atoms with Gasteiger partial charge in [0.15, 0.2) is 0 Å². The van der Waals surface area contributed by atoms with Crippen molar-refractivity contribution in [1.82, 2.24) is 5.32 Å². The molecule has 0 radical (unpaired) electrons. The maximum absolute atomic E-state index is 13.5. The van der Waals surface area contributed by atoms with Gasteiger partial charge in [-0.25, -0.2) is 8.42 Å². The summed E-state index contributed by atoms with van der Waals surface area (Å²) in [6.07, 6.45) is 0. The first kappa shape index (κ1) is 26.6. The fourth-order valence-corrected chi connectivity index (χ4v) is 5.40. The Bertz CT molecular complexity index is 1510. The Labute approximate surface area is 223 Å². The van der Waals surface area contributed by atoms with Crippen molar-refractivity contribution in [1.29, 1.82) is 0 Å². The Morgan fingerprint density at radius 1 is 0.789 bits per heavy atom. The Balaban J connectivity index is 1.57. The summed E-state index contributed by atoms with van der Waals surface area (Å²) in [5.74, 6) is -0.939. The number of nitrogens with one attached hydrogen (secondary N) is 2. The lowest BCUT2D eigenvalue weighted by molar-refractivity contribution is -0.114. The number of aryl methyl sites for hydroxylation is 1. The summed E-state index contributed by atoms with van der Waals surface area (Å²) in [5.41, 5.74) is 2.83. The van der Waals surface area contributed by atoms with Crippen molar-refractivity contribution in [3.8, 4) is 0 Å². The summed E-state index contributed by atoms with van der Waals surface area (Å²) in [6, 6.07) is 30.8. The third kappa shape index (κ3) is 6.27. The minimum atomic E-state index is -4.03. The predicted molar refractivity (Wildman–Crippen MR) is 150 cm³/mol. The topological polar surface area (TPSA) is 95.6 Å². The van der Waals surface area contributed by atoms with E-state index in [-0.39, 0.29) is 28.1 Å². The van der Waals surface area contributed by atoms with Crippen LogP contribution in [0, 0.1) is 6.92 Å². The van der Waals surface area contributed by atoms with E-state index >= 15 is 0 Å². The number of amides is 2. The quantitative estimate of drug-likeness (QED) is 0.308. The van der Waals surface area contributed by atoms with E-state index < -0.39 is 22.5 Å². The first-order valence-corrected chi connectivity index (χ1v) is 13.6. The second-order valence-electron chi connectivity index (χ2n) is 8.86. The van der Waals surface area contributed by atoms with Gasteiger partial charge < -0.3 is 10.6 Å². The second kappa shape index (κ2) is 11.7. The van der Waals surface area contributed by atoms with Crippen LogP contribution in [0.25, 0.3) is 0 Å². The number of anilines is 2. The lowest BCUT2D eigenvalue weighted by Gasteiger charge is -2.24. The molecule has 2 N–H and O–H groups in total.